The summed E-state index contributed by atoms with van der Waals surface area (Å²) < 4.78 is 11.9. The number of carbonyl (C=O) groups is 3. The third-order valence-corrected chi connectivity index (χ3v) is 10.1. The minimum atomic E-state index is -1.13. The Morgan fingerprint density at radius 3 is 2.51 bits per heavy atom. The second-order valence-electron chi connectivity index (χ2n) is 12.4. The van der Waals surface area contributed by atoms with E-state index in [9.17, 15) is 14.4 Å². The highest BCUT2D eigenvalue weighted by Crippen LogP contribution is 2.56. The van der Waals surface area contributed by atoms with E-state index in [1.165, 1.54) is 6.42 Å². The first kappa shape index (κ1) is 26.4. The van der Waals surface area contributed by atoms with Crippen LogP contribution in [0.3, 0.4) is 0 Å². The number of hydrogen-bond donors (Lipinski definition) is 2. The fraction of sp³-hybridized carbons (Fsp3) is 0.645. The average Bonchev–Trinajstić information content (AvgIpc) is 3.58. The lowest BCUT2D eigenvalue weighted by Crippen LogP contribution is -2.60. The van der Waals surface area contributed by atoms with Crippen LogP contribution in [0.2, 0.25) is 0 Å². The average molecular weight is 536 g/mol. The van der Waals surface area contributed by atoms with Crippen LogP contribution in [0, 0.1) is 23.7 Å². The molecule has 2 saturated carbocycles. The molecule has 8 nitrogen and oxygen atoms in total. The number of likely N-dealkylation sites (tertiary alicyclic amines) is 1. The highest BCUT2D eigenvalue weighted by Gasteiger charge is 2.73. The van der Waals surface area contributed by atoms with Gasteiger partial charge in [0.05, 0.1) is 25.0 Å². The molecule has 8 heteroatoms. The third kappa shape index (κ3) is 4.35. The lowest BCUT2D eigenvalue weighted by molar-refractivity contribution is -0.146. The van der Waals surface area contributed by atoms with E-state index in [0.717, 1.165) is 44.9 Å². The van der Waals surface area contributed by atoms with Crippen LogP contribution >= 0.6 is 0 Å². The summed E-state index contributed by atoms with van der Waals surface area (Å²) in [4.78, 5) is 44.2. The topological polar surface area (TPSA) is 97.0 Å². The summed E-state index contributed by atoms with van der Waals surface area (Å²) in [6.45, 7) is 4.38. The van der Waals surface area contributed by atoms with Crippen molar-refractivity contribution in [3.63, 3.8) is 0 Å². The van der Waals surface area contributed by atoms with E-state index in [0.29, 0.717) is 17.4 Å². The van der Waals surface area contributed by atoms with Crippen LogP contribution in [0.4, 0.5) is 5.69 Å². The van der Waals surface area contributed by atoms with Gasteiger partial charge in [0.15, 0.2) is 0 Å². The Morgan fingerprint density at radius 2 is 1.77 bits per heavy atom. The van der Waals surface area contributed by atoms with Crippen LogP contribution in [0.25, 0.3) is 0 Å². The predicted octanol–water partition coefficient (Wildman–Crippen LogP) is 4.06. The van der Waals surface area contributed by atoms with E-state index in [2.05, 4.69) is 24.5 Å². The van der Waals surface area contributed by atoms with Crippen molar-refractivity contribution in [2.75, 3.05) is 12.4 Å². The minimum Gasteiger partial charge on any atom is -0.497 e. The number of ether oxygens (including phenoxy) is 2. The van der Waals surface area contributed by atoms with Crippen LogP contribution in [-0.2, 0) is 19.1 Å². The monoisotopic (exact) mass is 535 g/mol. The van der Waals surface area contributed by atoms with Crippen molar-refractivity contribution in [2.45, 2.75) is 95.0 Å². The molecule has 6 rings (SSSR count). The molecule has 210 valence electrons. The quantitative estimate of drug-likeness (QED) is 0.536. The van der Waals surface area contributed by atoms with Crippen molar-refractivity contribution in [3.8, 4) is 5.75 Å². The van der Waals surface area contributed by atoms with Crippen LogP contribution in [0.1, 0.15) is 65.2 Å². The van der Waals surface area contributed by atoms with Crippen molar-refractivity contribution in [1.29, 1.82) is 0 Å². The van der Waals surface area contributed by atoms with Crippen molar-refractivity contribution in [2.24, 2.45) is 23.7 Å². The van der Waals surface area contributed by atoms with Crippen molar-refractivity contribution in [3.05, 3.63) is 36.4 Å². The number of carbonyl (C=O) groups excluding carboxylic acids is 3. The molecular weight excluding hydrogens is 494 g/mol. The van der Waals surface area contributed by atoms with Gasteiger partial charge in [-0.3, -0.25) is 14.4 Å². The summed E-state index contributed by atoms with van der Waals surface area (Å²) in [6, 6.07) is 6.47. The van der Waals surface area contributed by atoms with E-state index in [1.54, 1.807) is 19.2 Å². The molecule has 1 spiro atoms. The maximum Gasteiger partial charge on any atom is 0.246 e. The van der Waals surface area contributed by atoms with Crippen molar-refractivity contribution in [1.82, 2.24) is 10.2 Å². The van der Waals surface area contributed by atoms with Gasteiger partial charge in [-0.1, -0.05) is 57.7 Å². The molecule has 9 atom stereocenters. The van der Waals surface area contributed by atoms with Gasteiger partial charge in [-0.15, -0.1) is 0 Å². The summed E-state index contributed by atoms with van der Waals surface area (Å²) >= 11 is 0. The first-order chi connectivity index (χ1) is 18.8. The number of rotatable bonds is 6. The number of fused-ring (bicyclic) bond motifs is 1. The normalized spacial score (nSPS) is 38.9. The van der Waals surface area contributed by atoms with Crippen LogP contribution in [0.15, 0.2) is 36.4 Å². The molecule has 2 aliphatic carbocycles. The molecule has 39 heavy (non-hydrogen) atoms. The second kappa shape index (κ2) is 10.3. The second-order valence-corrected chi connectivity index (χ2v) is 12.4. The van der Waals surface area contributed by atoms with Crippen molar-refractivity contribution >= 4 is 23.4 Å². The van der Waals surface area contributed by atoms with Crippen LogP contribution < -0.4 is 15.4 Å². The molecule has 2 saturated heterocycles. The highest BCUT2D eigenvalue weighted by molar-refractivity contribution is 6.03. The van der Waals surface area contributed by atoms with E-state index in [-0.39, 0.29) is 35.7 Å². The molecule has 2 N–H and O–H groups in total. The standard InChI is InChI=1S/C31H41N3O5/c1-18-9-4-6-13-22(18)33-29(36)27-31-16-15-24(39-31)25(28(35)32-20-11-8-12-21(17-20)38-3)26(31)30(37)34(27)23-14-7-5-10-19(23)2/h8,11-12,15-19,22-27H,4-7,9-10,13-14H2,1-3H3,(H,32,35)(H,33,36)/t18-,19-,22+,23+,24+,25-,26+,27+,31+/m0/s1. The Bertz CT molecular complexity index is 1170. The maximum absolute atomic E-state index is 14.4. The van der Waals surface area contributed by atoms with Crippen molar-refractivity contribution < 1.29 is 23.9 Å². The van der Waals surface area contributed by atoms with Gasteiger partial charge >= 0.3 is 0 Å². The minimum absolute atomic E-state index is 0.0381. The van der Waals surface area contributed by atoms with Crippen LogP contribution in [0.5, 0.6) is 5.75 Å². The van der Waals surface area contributed by atoms with Gasteiger partial charge in [0, 0.05) is 23.8 Å². The molecule has 0 radical (unpaired) electrons. The van der Waals surface area contributed by atoms with Gasteiger partial charge < -0.3 is 25.0 Å². The molecule has 0 unspecified atom stereocenters. The molecule has 0 aromatic heterocycles. The van der Waals surface area contributed by atoms with E-state index in [4.69, 9.17) is 9.47 Å². The number of nitrogens with zero attached hydrogens (tertiary/aromatic N) is 1. The van der Waals surface area contributed by atoms with Gasteiger partial charge in [0.2, 0.25) is 17.7 Å². The Labute approximate surface area is 230 Å². The molecule has 2 bridgehead atoms. The molecule has 1 aromatic rings. The summed E-state index contributed by atoms with van der Waals surface area (Å²) in [7, 11) is 1.58. The summed E-state index contributed by atoms with van der Waals surface area (Å²) in [5.74, 6) is -0.647. The van der Waals surface area contributed by atoms with E-state index < -0.39 is 29.6 Å². The zero-order valence-corrected chi connectivity index (χ0v) is 23.2. The molecular formula is C31H41N3O5. The SMILES string of the molecule is COc1cccc(NC(=O)[C@H]2[C@H]3C=C[C@@]4(O3)[C@H]2C(=O)N([C@@H]2CCCC[C@@H]2C)[C@@H]4C(=O)N[C@@H]2CCCC[C@@H]2C)c1. The first-order valence-corrected chi connectivity index (χ1v) is 14.8. The smallest absolute Gasteiger partial charge is 0.246 e. The molecule has 1 aromatic carbocycles. The van der Waals surface area contributed by atoms with E-state index in [1.807, 2.05) is 29.2 Å². The van der Waals surface area contributed by atoms with Gasteiger partial charge in [0.25, 0.3) is 0 Å². The van der Waals surface area contributed by atoms with Gasteiger partial charge in [-0.05, 0) is 49.7 Å². The number of nitrogens with one attached hydrogen (secondary N) is 2. The van der Waals surface area contributed by atoms with Gasteiger partial charge in [0.1, 0.15) is 17.4 Å². The van der Waals surface area contributed by atoms with Gasteiger partial charge in [-0.2, -0.15) is 0 Å². The lowest BCUT2D eigenvalue weighted by atomic mass is 9.74. The fourth-order valence-corrected chi connectivity index (χ4v) is 7.99. The summed E-state index contributed by atoms with van der Waals surface area (Å²) in [5.41, 5.74) is -0.527. The number of methoxy groups -OCH3 is 1. The summed E-state index contributed by atoms with van der Waals surface area (Å²) in [6.07, 6.45) is 11.6. The highest BCUT2D eigenvalue weighted by atomic mass is 16.5. The summed E-state index contributed by atoms with van der Waals surface area (Å²) in [5, 5.41) is 6.33. The predicted molar refractivity (Wildman–Crippen MR) is 147 cm³/mol. The maximum atomic E-state index is 14.4. The Hall–Kier alpha value is -2.87. The zero-order chi connectivity index (χ0) is 27.3. The molecule has 3 heterocycles. The Balaban J connectivity index is 1.33. The number of amides is 3. The third-order valence-electron chi connectivity index (χ3n) is 10.1. The number of anilines is 1. The Kier molecular flexibility index (Phi) is 6.94. The Morgan fingerprint density at radius 1 is 1.03 bits per heavy atom. The number of hydrogen-bond acceptors (Lipinski definition) is 5. The van der Waals surface area contributed by atoms with Crippen LogP contribution in [-0.4, -0.2) is 59.6 Å². The molecule has 5 aliphatic rings. The van der Waals surface area contributed by atoms with Gasteiger partial charge in [-0.25, -0.2) is 0 Å². The van der Waals surface area contributed by atoms with E-state index >= 15 is 0 Å². The largest absolute Gasteiger partial charge is 0.497 e. The zero-order valence-electron chi connectivity index (χ0n) is 23.2. The fourth-order valence-electron chi connectivity index (χ4n) is 7.99. The number of benzene rings is 1. The first-order valence-electron chi connectivity index (χ1n) is 14.8. The molecule has 3 aliphatic heterocycles. The molecule has 3 amide bonds. The molecule has 4 fully saturated rings. The lowest BCUT2D eigenvalue weighted by Gasteiger charge is -2.42.